The van der Waals surface area contributed by atoms with E-state index < -0.39 is 72.0 Å². The third kappa shape index (κ3) is 2.68. The molecule has 138 valence electrons. The Bertz CT molecular complexity index is 654. The second kappa shape index (κ2) is 5.45. The highest BCUT2D eigenvalue weighted by Gasteiger charge is 2.73. The van der Waals surface area contributed by atoms with E-state index in [0.717, 1.165) is 0 Å². The van der Waals surface area contributed by atoms with Crippen LogP contribution in [0.5, 0.6) is 0 Å². The van der Waals surface area contributed by atoms with Gasteiger partial charge in [0.2, 0.25) is 0 Å². The third-order valence-corrected chi connectivity index (χ3v) is 4.80. The van der Waals surface area contributed by atoms with E-state index in [1.54, 1.807) is 13.8 Å². The van der Waals surface area contributed by atoms with Gasteiger partial charge in [-0.15, -0.1) is 0 Å². The number of ether oxygens (including phenoxy) is 4. The quantitative estimate of drug-likeness (QED) is 0.416. The van der Waals surface area contributed by atoms with Gasteiger partial charge in [0.05, 0.1) is 5.92 Å². The summed E-state index contributed by atoms with van der Waals surface area (Å²) in [6.45, 7) is 5.10. The topological polar surface area (TPSA) is 88.1 Å². The third-order valence-electron chi connectivity index (χ3n) is 4.80. The number of alkyl halides is 3. The van der Waals surface area contributed by atoms with Crippen LogP contribution in [0, 0.1) is 11.3 Å². The zero-order valence-electron chi connectivity index (χ0n) is 13.3. The molecule has 2 bridgehead atoms. The fourth-order valence-corrected chi connectivity index (χ4v) is 3.57. The highest BCUT2D eigenvalue weighted by molar-refractivity contribution is 5.90. The van der Waals surface area contributed by atoms with Crippen molar-refractivity contribution in [2.24, 2.45) is 11.3 Å². The van der Waals surface area contributed by atoms with Gasteiger partial charge in [-0.1, -0.05) is 20.4 Å². The molecule has 25 heavy (non-hydrogen) atoms. The summed E-state index contributed by atoms with van der Waals surface area (Å²) < 4.78 is 57.1. The fourth-order valence-electron chi connectivity index (χ4n) is 3.57. The van der Waals surface area contributed by atoms with E-state index in [4.69, 9.17) is 14.2 Å². The molecule has 3 fully saturated rings. The Morgan fingerprint density at radius 3 is 2.52 bits per heavy atom. The lowest BCUT2D eigenvalue weighted by molar-refractivity contribution is -0.171. The first kappa shape index (κ1) is 17.7. The van der Waals surface area contributed by atoms with Gasteiger partial charge in [0.25, 0.3) is 0 Å². The van der Waals surface area contributed by atoms with E-state index in [2.05, 4.69) is 11.3 Å². The molecule has 0 aromatic carbocycles. The monoisotopic (exact) mass is 364 g/mol. The van der Waals surface area contributed by atoms with Gasteiger partial charge in [0.15, 0.2) is 18.8 Å². The summed E-state index contributed by atoms with van der Waals surface area (Å²) >= 11 is 0. The van der Waals surface area contributed by atoms with E-state index in [1.807, 2.05) is 0 Å². The van der Waals surface area contributed by atoms with Crippen LogP contribution in [0.3, 0.4) is 0 Å². The molecule has 0 saturated carbocycles. The maximum atomic E-state index is 12.3. The SMILES string of the molecule is C=C(C(=O)OCC(=O)OC1C2OC(=O)C3C2OC1C3(C)C)C(F)(F)F. The number of hydrogen-bond acceptors (Lipinski definition) is 7. The molecule has 7 nitrogen and oxygen atoms in total. The Morgan fingerprint density at radius 2 is 1.92 bits per heavy atom. The molecule has 3 aliphatic heterocycles. The van der Waals surface area contributed by atoms with Crippen LogP contribution in [0.25, 0.3) is 0 Å². The number of hydrogen-bond donors (Lipinski definition) is 0. The van der Waals surface area contributed by atoms with Gasteiger partial charge in [-0.25, -0.2) is 9.59 Å². The normalized spacial score (nSPS) is 34.6. The Hall–Kier alpha value is -2.10. The lowest BCUT2D eigenvalue weighted by Crippen LogP contribution is -2.49. The molecule has 3 heterocycles. The second-order valence-corrected chi connectivity index (χ2v) is 6.73. The van der Waals surface area contributed by atoms with Crippen molar-refractivity contribution in [3.05, 3.63) is 12.2 Å². The average Bonchev–Trinajstić information content (AvgIpc) is 3.06. The summed E-state index contributed by atoms with van der Waals surface area (Å²) in [4.78, 5) is 34.9. The molecule has 5 atom stereocenters. The zero-order chi connectivity index (χ0) is 18.7. The molecule has 5 unspecified atom stereocenters. The average molecular weight is 364 g/mol. The molecule has 0 radical (unpaired) electrons. The maximum absolute atomic E-state index is 12.3. The first-order valence-corrected chi connectivity index (χ1v) is 7.43. The van der Waals surface area contributed by atoms with Crippen molar-refractivity contribution in [2.75, 3.05) is 6.61 Å². The van der Waals surface area contributed by atoms with Crippen LogP contribution < -0.4 is 0 Å². The van der Waals surface area contributed by atoms with E-state index in [1.165, 1.54) is 0 Å². The molecular weight excluding hydrogens is 349 g/mol. The predicted octanol–water partition coefficient (Wildman–Crippen LogP) is 0.909. The first-order valence-electron chi connectivity index (χ1n) is 7.43. The number of fused-ring (bicyclic) bond motifs is 1. The highest BCUT2D eigenvalue weighted by Crippen LogP contribution is 2.57. The Balaban J connectivity index is 1.59. The molecule has 3 saturated heterocycles. The highest BCUT2D eigenvalue weighted by atomic mass is 19.4. The summed E-state index contributed by atoms with van der Waals surface area (Å²) in [5, 5.41) is 0. The van der Waals surface area contributed by atoms with Crippen molar-refractivity contribution in [3.8, 4) is 0 Å². The molecule has 0 aromatic rings. The van der Waals surface area contributed by atoms with Crippen molar-refractivity contribution in [1.82, 2.24) is 0 Å². The second-order valence-electron chi connectivity index (χ2n) is 6.73. The van der Waals surface area contributed by atoms with Gasteiger partial charge in [0, 0.05) is 5.41 Å². The summed E-state index contributed by atoms with van der Waals surface area (Å²) in [7, 11) is 0. The van der Waals surface area contributed by atoms with Crippen molar-refractivity contribution < 1.29 is 46.5 Å². The fraction of sp³-hybridized carbons (Fsp3) is 0.667. The number of carbonyl (C=O) groups excluding carboxylic acids is 3. The lowest BCUT2D eigenvalue weighted by Gasteiger charge is -2.33. The minimum atomic E-state index is -4.95. The minimum Gasteiger partial charge on any atom is -0.455 e. The molecule has 0 aliphatic carbocycles. The van der Waals surface area contributed by atoms with Gasteiger partial charge in [0.1, 0.15) is 17.8 Å². The Kier molecular flexibility index (Phi) is 3.86. The molecule has 3 aliphatic rings. The van der Waals surface area contributed by atoms with Crippen molar-refractivity contribution in [1.29, 1.82) is 0 Å². The van der Waals surface area contributed by atoms with Crippen LogP contribution in [0.2, 0.25) is 0 Å². The summed E-state index contributed by atoms with van der Waals surface area (Å²) in [5.41, 5.74) is -2.35. The van der Waals surface area contributed by atoms with E-state index in [9.17, 15) is 27.6 Å². The molecular formula is C15H15F3O7. The van der Waals surface area contributed by atoms with E-state index in [0.29, 0.717) is 0 Å². The van der Waals surface area contributed by atoms with Crippen LogP contribution >= 0.6 is 0 Å². The zero-order valence-corrected chi connectivity index (χ0v) is 13.3. The van der Waals surface area contributed by atoms with Gasteiger partial charge in [-0.05, 0) is 0 Å². The summed E-state index contributed by atoms with van der Waals surface area (Å²) in [5.74, 6) is -3.72. The molecule has 3 rings (SSSR count). The summed E-state index contributed by atoms with van der Waals surface area (Å²) in [6, 6.07) is 0. The van der Waals surface area contributed by atoms with Crippen LogP contribution in [-0.2, 0) is 33.3 Å². The Labute approximate surface area is 140 Å². The van der Waals surface area contributed by atoms with E-state index in [-0.39, 0.29) is 0 Å². The van der Waals surface area contributed by atoms with Crippen molar-refractivity contribution in [2.45, 2.75) is 44.4 Å². The molecule has 0 amide bonds. The van der Waals surface area contributed by atoms with Crippen LogP contribution in [0.15, 0.2) is 12.2 Å². The smallest absolute Gasteiger partial charge is 0.422 e. The molecule has 0 N–H and O–H groups in total. The number of halogens is 3. The largest absolute Gasteiger partial charge is 0.455 e. The van der Waals surface area contributed by atoms with Gasteiger partial charge < -0.3 is 18.9 Å². The first-order chi connectivity index (χ1) is 11.4. The standard InChI is InChI=1S/C15H15F3O7/c1-5(15(16,17)18)12(20)22-4-6(19)23-10-9-8-7(13(21)25-9)14(2,3)11(10)24-8/h7-11H,1,4H2,2-3H3. The van der Waals surface area contributed by atoms with Gasteiger partial charge >= 0.3 is 24.1 Å². The van der Waals surface area contributed by atoms with Crippen LogP contribution in [0.1, 0.15) is 13.8 Å². The van der Waals surface area contributed by atoms with Crippen molar-refractivity contribution >= 4 is 17.9 Å². The van der Waals surface area contributed by atoms with Crippen molar-refractivity contribution in [3.63, 3.8) is 0 Å². The van der Waals surface area contributed by atoms with Crippen LogP contribution in [-0.4, -0.2) is 55.1 Å². The van der Waals surface area contributed by atoms with Crippen LogP contribution in [0.4, 0.5) is 13.2 Å². The predicted molar refractivity (Wildman–Crippen MR) is 71.8 cm³/mol. The Morgan fingerprint density at radius 1 is 1.28 bits per heavy atom. The number of carbonyl (C=O) groups is 3. The number of rotatable bonds is 4. The molecule has 10 heteroatoms. The maximum Gasteiger partial charge on any atom is 0.422 e. The lowest BCUT2D eigenvalue weighted by atomic mass is 9.68. The molecule has 0 spiro atoms. The van der Waals surface area contributed by atoms with Gasteiger partial charge in [-0.3, -0.25) is 4.79 Å². The number of esters is 3. The summed E-state index contributed by atoms with van der Waals surface area (Å²) in [6.07, 6.45) is -7.74. The van der Waals surface area contributed by atoms with Gasteiger partial charge in [-0.2, -0.15) is 13.2 Å². The van der Waals surface area contributed by atoms with E-state index >= 15 is 0 Å². The molecule has 0 aromatic heterocycles. The minimum absolute atomic E-state index is 0.436.